The number of aliphatic carboxylic acids is 1. The first-order valence-corrected chi connectivity index (χ1v) is 6.71. The van der Waals surface area contributed by atoms with Gasteiger partial charge in [0, 0.05) is 22.5 Å². The number of methoxy groups -OCH3 is 3. The molecular weight excluding hydrogens is 330 g/mol. The average Bonchev–Trinajstić information content (AvgIpc) is 2.42. The zero-order chi connectivity index (χ0) is 15.3. The quantitative estimate of drug-likeness (QED) is 0.786. The smallest absolute Gasteiger partial charge is 0.303 e. The van der Waals surface area contributed by atoms with Gasteiger partial charge in [0.15, 0.2) is 11.5 Å². The molecule has 0 bridgehead atoms. The van der Waals surface area contributed by atoms with Gasteiger partial charge in [0.25, 0.3) is 0 Å². The highest BCUT2D eigenvalue weighted by Crippen LogP contribution is 2.46. The van der Waals surface area contributed by atoms with E-state index in [4.69, 9.17) is 25.1 Å². The maximum absolute atomic E-state index is 10.7. The molecule has 0 fully saturated rings. The fourth-order valence-electron chi connectivity index (χ4n) is 1.92. The molecule has 6 nitrogen and oxygen atoms in total. The zero-order valence-corrected chi connectivity index (χ0v) is 13.2. The van der Waals surface area contributed by atoms with E-state index in [0.29, 0.717) is 33.7 Å². The Kier molecular flexibility index (Phi) is 6.09. The molecule has 7 heteroatoms. The number of halogens is 1. The van der Waals surface area contributed by atoms with E-state index in [1.54, 1.807) is 6.07 Å². The summed E-state index contributed by atoms with van der Waals surface area (Å²) in [7, 11) is 4.52. The third kappa shape index (κ3) is 3.55. The highest BCUT2D eigenvalue weighted by molar-refractivity contribution is 9.10. The van der Waals surface area contributed by atoms with Crippen LogP contribution in [0.15, 0.2) is 10.5 Å². The van der Waals surface area contributed by atoms with Crippen LogP contribution in [0.4, 0.5) is 0 Å². The van der Waals surface area contributed by atoms with Crippen LogP contribution in [0.1, 0.15) is 24.4 Å². The van der Waals surface area contributed by atoms with E-state index in [1.165, 1.54) is 21.3 Å². The predicted molar refractivity (Wildman–Crippen MR) is 77.6 cm³/mol. The molecule has 0 radical (unpaired) electrons. The van der Waals surface area contributed by atoms with Crippen molar-refractivity contribution in [2.45, 2.75) is 18.9 Å². The largest absolute Gasteiger partial charge is 0.493 e. The molecule has 0 amide bonds. The maximum Gasteiger partial charge on any atom is 0.303 e. The van der Waals surface area contributed by atoms with Gasteiger partial charge >= 0.3 is 5.97 Å². The number of hydrogen-bond acceptors (Lipinski definition) is 5. The minimum absolute atomic E-state index is 0.0227. The SMILES string of the molecule is COc1cc(Br)c(C(N)CCC(=O)O)c(OC)c1OC. The Bertz CT molecular complexity index is 492. The van der Waals surface area contributed by atoms with Crippen molar-refractivity contribution in [3.8, 4) is 17.2 Å². The van der Waals surface area contributed by atoms with Crippen LogP contribution in [-0.2, 0) is 4.79 Å². The molecule has 112 valence electrons. The van der Waals surface area contributed by atoms with Gasteiger partial charge in [-0.05, 0) is 12.5 Å². The lowest BCUT2D eigenvalue weighted by atomic mass is 10.0. The molecule has 0 spiro atoms. The number of benzene rings is 1. The lowest BCUT2D eigenvalue weighted by Crippen LogP contribution is -2.15. The van der Waals surface area contributed by atoms with Crippen molar-refractivity contribution in [3.63, 3.8) is 0 Å². The standard InChI is InChI=1S/C13H18BrNO5/c1-18-9-6-7(14)11(8(15)4-5-10(16)17)13(20-3)12(9)19-2/h6,8H,4-5,15H2,1-3H3,(H,16,17). The first-order chi connectivity index (χ1) is 9.46. The van der Waals surface area contributed by atoms with Gasteiger partial charge in [-0.25, -0.2) is 0 Å². The van der Waals surface area contributed by atoms with Crippen LogP contribution >= 0.6 is 15.9 Å². The molecule has 3 N–H and O–H groups in total. The summed E-state index contributed by atoms with van der Waals surface area (Å²) in [5.41, 5.74) is 6.72. The summed E-state index contributed by atoms with van der Waals surface area (Å²) in [6, 6.07) is 1.23. The zero-order valence-electron chi connectivity index (χ0n) is 11.6. The van der Waals surface area contributed by atoms with Crippen LogP contribution in [0.2, 0.25) is 0 Å². The molecule has 0 aromatic heterocycles. The Hall–Kier alpha value is -1.47. The Morgan fingerprint density at radius 1 is 1.30 bits per heavy atom. The molecule has 0 saturated carbocycles. The third-order valence-corrected chi connectivity index (χ3v) is 3.51. The molecule has 20 heavy (non-hydrogen) atoms. The van der Waals surface area contributed by atoms with Crippen molar-refractivity contribution >= 4 is 21.9 Å². The Morgan fingerprint density at radius 3 is 2.35 bits per heavy atom. The highest BCUT2D eigenvalue weighted by Gasteiger charge is 2.24. The second-order valence-corrected chi connectivity index (χ2v) is 4.93. The van der Waals surface area contributed by atoms with E-state index in [-0.39, 0.29) is 6.42 Å². The van der Waals surface area contributed by atoms with E-state index < -0.39 is 12.0 Å². The van der Waals surface area contributed by atoms with Gasteiger partial charge in [0.1, 0.15) is 0 Å². The van der Waals surface area contributed by atoms with Gasteiger partial charge in [-0.3, -0.25) is 4.79 Å². The van der Waals surface area contributed by atoms with Crippen LogP contribution in [0.5, 0.6) is 17.2 Å². The van der Waals surface area contributed by atoms with Gasteiger partial charge in [-0.2, -0.15) is 0 Å². The summed E-state index contributed by atoms with van der Waals surface area (Å²) >= 11 is 3.41. The minimum atomic E-state index is -0.893. The molecule has 1 atom stereocenters. The second-order valence-electron chi connectivity index (χ2n) is 4.08. The van der Waals surface area contributed by atoms with Gasteiger partial charge in [-0.15, -0.1) is 0 Å². The maximum atomic E-state index is 10.7. The molecule has 1 unspecified atom stereocenters. The van der Waals surface area contributed by atoms with Crippen molar-refractivity contribution in [2.24, 2.45) is 5.73 Å². The van der Waals surface area contributed by atoms with Gasteiger partial charge in [0.05, 0.1) is 21.3 Å². The molecule has 1 rings (SSSR count). The monoisotopic (exact) mass is 347 g/mol. The fourth-order valence-corrected chi connectivity index (χ4v) is 2.60. The Balaban J connectivity index is 3.27. The van der Waals surface area contributed by atoms with Gasteiger partial charge in [0.2, 0.25) is 5.75 Å². The molecule has 1 aromatic rings. The number of ether oxygens (including phenoxy) is 3. The van der Waals surface area contributed by atoms with Crippen LogP contribution in [0, 0.1) is 0 Å². The van der Waals surface area contributed by atoms with E-state index in [2.05, 4.69) is 15.9 Å². The van der Waals surface area contributed by atoms with Crippen molar-refractivity contribution in [3.05, 3.63) is 16.1 Å². The molecule has 0 saturated heterocycles. The number of carboxylic acids is 1. The summed E-state index contributed by atoms with van der Waals surface area (Å²) in [6.07, 6.45) is 0.269. The predicted octanol–water partition coefficient (Wildman–Crippen LogP) is 2.34. The summed E-state index contributed by atoms with van der Waals surface area (Å²) < 4.78 is 16.6. The molecular formula is C13H18BrNO5. The Labute approximate surface area is 125 Å². The van der Waals surface area contributed by atoms with Crippen molar-refractivity contribution in [2.75, 3.05) is 21.3 Å². The number of nitrogens with two attached hydrogens (primary N) is 1. The van der Waals surface area contributed by atoms with E-state index in [9.17, 15) is 4.79 Å². The van der Waals surface area contributed by atoms with Crippen molar-refractivity contribution in [1.29, 1.82) is 0 Å². The van der Waals surface area contributed by atoms with Crippen LogP contribution < -0.4 is 19.9 Å². The van der Waals surface area contributed by atoms with E-state index >= 15 is 0 Å². The van der Waals surface area contributed by atoms with E-state index in [1.807, 2.05) is 0 Å². The number of hydrogen-bond donors (Lipinski definition) is 2. The van der Waals surface area contributed by atoms with Crippen LogP contribution in [-0.4, -0.2) is 32.4 Å². The van der Waals surface area contributed by atoms with Crippen molar-refractivity contribution in [1.82, 2.24) is 0 Å². The lowest BCUT2D eigenvalue weighted by molar-refractivity contribution is -0.137. The number of carbonyl (C=O) groups is 1. The third-order valence-electron chi connectivity index (χ3n) is 2.86. The van der Waals surface area contributed by atoms with E-state index in [0.717, 1.165) is 0 Å². The summed E-state index contributed by atoms with van der Waals surface area (Å²) in [4.78, 5) is 10.7. The molecule has 0 heterocycles. The fraction of sp³-hybridized carbons (Fsp3) is 0.462. The number of carboxylic acid groups (broad SMARTS) is 1. The highest BCUT2D eigenvalue weighted by atomic mass is 79.9. The summed E-state index contributed by atoms with van der Waals surface area (Å²) in [6.45, 7) is 0. The number of rotatable bonds is 7. The lowest BCUT2D eigenvalue weighted by Gasteiger charge is -2.21. The first-order valence-electron chi connectivity index (χ1n) is 5.91. The first kappa shape index (κ1) is 16.6. The average molecular weight is 348 g/mol. The normalized spacial score (nSPS) is 11.8. The molecule has 0 aliphatic heterocycles. The molecule has 0 aliphatic carbocycles. The van der Waals surface area contributed by atoms with Gasteiger partial charge in [-0.1, -0.05) is 15.9 Å². The minimum Gasteiger partial charge on any atom is -0.493 e. The molecule has 0 aliphatic rings. The Morgan fingerprint density at radius 2 is 1.90 bits per heavy atom. The van der Waals surface area contributed by atoms with Crippen LogP contribution in [0.3, 0.4) is 0 Å². The van der Waals surface area contributed by atoms with Gasteiger partial charge < -0.3 is 25.1 Å². The van der Waals surface area contributed by atoms with Crippen LogP contribution in [0.25, 0.3) is 0 Å². The molecule has 1 aromatic carbocycles. The summed E-state index contributed by atoms with van der Waals surface area (Å²) in [5.74, 6) is 0.483. The summed E-state index contributed by atoms with van der Waals surface area (Å²) in [5, 5.41) is 8.74. The van der Waals surface area contributed by atoms with Crippen molar-refractivity contribution < 1.29 is 24.1 Å². The topological polar surface area (TPSA) is 91.0 Å². The second kappa shape index (κ2) is 7.35.